The predicted octanol–water partition coefficient (Wildman–Crippen LogP) is 1.40. The van der Waals surface area contributed by atoms with E-state index in [9.17, 15) is 18.3 Å². The van der Waals surface area contributed by atoms with Gasteiger partial charge in [-0.1, -0.05) is 0 Å². The van der Waals surface area contributed by atoms with Crippen molar-refractivity contribution in [2.45, 2.75) is 16.9 Å². The SMILES string of the molecule is O=C(O)C1(NS(=O)(=O)c2ccc(Oc3ccncc3)cc2)CCOC1. The highest BCUT2D eigenvalue weighted by molar-refractivity contribution is 7.89. The fourth-order valence-corrected chi connectivity index (χ4v) is 3.78. The van der Waals surface area contributed by atoms with Crippen molar-refractivity contribution >= 4 is 16.0 Å². The number of ether oxygens (including phenoxy) is 2. The molecule has 1 fully saturated rings. The van der Waals surface area contributed by atoms with Gasteiger partial charge in [0.05, 0.1) is 11.5 Å². The van der Waals surface area contributed by atoms with Crippen molar-refractivity contribution in [1.29, 1.82) is 0 Å². The summed E-state index contributed by atoms with van der Waals surface area (Å²) in [6.07, 6.45) is 3.23. The molecule has 1 aliphatic heterocycles. The maximum absolute atomic E-state index is 12.5. The lowest BCUT2D eigenvalue weighted by Crippen LogP contribution is -2.54. The van der Waals surface area contributed by atoms with Crippen LogP contribution in [0.2, 0.25) is 0 Å². The molecule has 1 saturated heterocycles. The van der Waals surface area contributed by atoms with Crippen LogP contribution in [0.1, 0.15) is 6.42 Å². The molecule has 3 rings (SSSR count). The monoisotopic (exact) mass is 364 g/mol. The average Bonchev–Trinajstić information content (AvgIpc) is 3.05. The highest BCUT2D eigenvalue weighted by Crippen LogP contribution is 2.25. The Bertz CT molecular complexity index is 846. The van der Waals surface area contributed by atoms with Gasteiger partial charge in [0, 0.05) is 25.4 Å². The summed E-state index contributed by atoms with van der Waals surface area (Å²) in [5.41, 5.74) is -1.63. The van der Waals surface area contributed by atoms with Gasteiger partial charge in [0.1, 0.15) is 11.5 Å². The number of carboxylic acids is 1. The molecule has 0 aliphatic carbocycles. The van der Waals surface area contributed by atoms with Crippen LogP contribution in [-0.2, 0) is 19.6 Å². The van der Waals surface area contributed by atoms with Crippen LogP contribution in [0.4, 0.5) is 0 Å². The van der Waals surface area contributed by atoms with E-state index in [4.69, 9.17) is 9.47 Å². The summed E-state index contributed by atoms with van der Waals surface area (Å²) in [5.74, 6) is -0.245. The van der Waals surface area contributed by atoms with E-state index in [1.165, 1.54) is 24.3 Å². The summed E-state index contributed by atoms with van der Waals surface area (Å²) in [5, 5.41) is 9.35. The Kier molecular flexibility index (Phi) is 4.71. The molecule has 0 amide bonds. The Hall–Kier alpha value is -2.49. The van der Waals surface area contributed by atoms with E-state index >= 15 is 0 Å². The lowest BCUT2D eigenvalue weighted by Gasteiger charge is -2.23. The fraction of sp³-hybridized carbons (Fsp3) is 0.250. The number of benzene rings is 1. The molecule has 25 heavy (non-hydrogen) atoms. The summed E-state index contributed by atoms with van der Waals surface area (Å²) in [7, 11) is -4.01. The van der Waals surface area contributed by atoms with Crippen molar-refractivity contribution < 1.29 is 27.8 Å². The Labute approximate surface area is 144 Å². The van der Waals surface area contributed by atoms with Gasteiger partial charge in [0.15, 0.2) is 5.54 Å². The number of carboxylic acid groups (broad SMARTS) is 1. The van der Waals surface area contributed by atoms with Gasteiger partial charge < -0.3 is 14.6 Å². The summed E-state index contributed by atoms with van der Waals surface area (Å²) in [4.78, 5) is 15.3. The summed E-state index contributed by atoms with van der Waals surface area (Å²) < 4.78 is 37.9. The molecule has 0 saturated carbocycles. The van der Waals surface area contributed by atoms with E-state index in [-0.39, 0.29) is 24.5 Å². The van der Waals surface area contributed by atoms with Gasteiger partial charge in [-0.3, -0.25) is 9.78 Å². The molecule has 0 bridgehead atoms. The standard InChI is InChI=1S/C16H16N2O6S/c19-15(20)16(7-10-23-11-16)18-25(21,22)14-3-1-12(2-4-14)24-13-5-8-17-9-6-13/h1-6,8-9,18H,7,10-11H2,(H,19,20). The Morgan fingerprint density at radius 2 is 1.80 bits per heavy atom. The molecule has 1 unspecified atom stereocenters. The largest absolute Gasteiger partial charge is 0.480 e. The molecule has 9 heteroatoms. The van der Waals surface area contributed by atoms with Gasteiger partial charge >= 0.3 is 5.97 Å². The molecule has 0 spiro atoms. The van der Waals surface area contributed by atoms with Gasteiger partial charge in [-0.2, -0.15) is 4.72 Å². The molecule has 1 atom stereocenters. The molecule has 1 aromatic heterocycles. The van der Waals surface area contributed by atoms with Crippen LogP contribution in [0.5, 0.6) is 11.5 Å². The van der Waals surface area contributed by atoms with E-state index in [1.54, 1.807) is 24.5 Å². The molecule has 1 aromatic carbocycles. The Balaban J connectivity index is 1.77. The van der Waals surface area contributed by atoms with Gasteiger partial charge in [-0.25, -0.2) is 8.42 Å². The lowest BCUT2D eigenvalue weighted by atomic mass is 10.0. The minimum Gasteiger partial charge on any atom is -0.480 e. The second-order valence-electron chi connectivity index (χ2n) is 5.55. The van der Waals surface area contributed by atoms with Gasteiger partial charge in [0.25, 0.3) is 0 Å². The normalized spacial score (nSPS) is 20.3. The van der Waals surface area contributed by atoms with E-state index in [2.05, 4.69) is 9.71 Å². The third-order valence-electron chi connectivity index (χ3n) is 3.78. The molecule has 2 heterocycles. The van der Waals surface area contributed by atoms with Crippen LogP contribution < -0.4 is 9.46 Å². The molecular formula is C16H16N2O6S. The van der Waals surface area contributed by atoms with Crippen molar-refractivity contribution in [3.05, 3.63) is 48.8 Å². The van der Waals surface area contributed by atoms with E-state index in [1.807, 2.05) is 0 Å². The maximum atomic E-state index is 12.5. The smallest absolute Gasteiger partial charge is 0.327 e. The molecule has 132 valence electrons. The minimum atomic E-state index is -4.01. The Morgan fingerprint density at radius 1 is 1.16 bits per heavy atom. The number of nitrogens with one attached hydrogen (secondary N) is 1. The van der Waals surface area contributed by atoms with Crippen molar-refractivity contribution in [2.75, 3.05) is 13.2 Å². The predicted molar refractivity (Wildman–Crippen MR) is 86.9 cm³/mol. The third-order valence-corrected chi connectivity index (χ3v) is 5.33. The quantitative estimate of drug-likeness (QED) is 0.796. The van der Waals surface area contributed by atoms with Gasteiger partial charge in [-0.15, -0.1) is 0 Å². The second-order valence-corrected chi connectivity index (χ2v) is 7.23. The first kappa shape index (κ1) is 17.3. The van der Waals surface area contributed by atoms with E-state index < -0.39 is 21.5 Å². The van der Waals surface area contributed by atoms with Crippen LogP contribution >= 0.6 is 0 Å². The van der Waals surface area contributed by atoms with Crippen LogP contribution in [0.25, 0.3) is 0 Å². The molecule has 1 aliphatic rings. The zero-order valence-corrected chi connectivity index (χ0v) is 13.9. The molecular weight excluding hydrogens is 348 g/mol. The number of sulfonamides is 1. The first-order valence-electron chi connectivity index (χ1n) is 7.44. The highest BCUT2D eigenvalue weighted by atomic mass is 32.2. The number of carbonyl (C=O) groups is 1. The number of nitrogens with zero attached hydrogens (tertiary/aromatic N) is 1. The number of aliphatic carboxylic acids is 1. The number of hydrogen-bond donors (Lipinski definition) is 2. The van der Waals surface area contributed by atoms with Crippen molar-refractivity contribution in [3.63, 3.8) is 0 Å². The number of aromatic nitrogens is 1. The number of pyridine rings is 1. The average molecular weight is 364 g/mol. The third kappa shape index (κ3) is 3.78. The number of rotatable bonds is 6. The van der Waals surface area contributed by atoms with Crippen LogP contribution in [0.3, 0.4) is 0 Å². The summed E-state index contributed by atoms with van der Waals surface area (Å²) >= 11 is 0. The second kappa shape index (κ2) is 6.79. The Morgan fingerprint density at radius 3 is 2.36 bits per heavy atom. The zero-order chi connectivity index (χ0) is 17.9. The minimum absolute atomic E-state index is 0.0536. The van der Waals surface area contributed by atoms with Crippen molar-refractivity contribution in [1.82, 2.24) is 9.71 Å². The lowest BCUT2D eigenvalue weighted by molar-refractivity contribution is -0.144. The van der Waals surface area contributed by atoms with Crippen LogP contribution in [0.15, 0.2) is 53.7 Å². The molecule has 2 N–H and O–H groups in total. The molecule has 2 aromatic rings. The topological polar surface area (TPSA) is 115 Å². The van der Waals surface area contributed by atoms with Crippen molar-refractivity contribution in [3.8, 4) is 11.5 Å². The van der Waals surface area contributed by atoms with Gasteiger partial charge in [0.2, 0.25) is 10.0 Å². The first-order chi connectivity index (χ1) is 11.9. The summed E-state index contributed by atoms with van der Waals surface area (Å²) in [6, 6.07) is 9.03. The molecule has 8 nitrogen and oxygen atoms in total. The number of hydrogen-bond acceptors (Lipinski definition) is 6. The fourth-order valence-electron chi connectivity index (χ4n) is 2.40. The maximum Gasteiger partial charge on any atom is 0.327 e. The van der Waals surface area contributed by atoms with E-state index in [0.717, 1.165) is 0 Å². The van der Waals surface area contributed by atoms with E-state index in [0.29, 0.717) is 11.5 Å². The van der Waals surface area contributed by atoms with Crippen LogP contribution in [0, 0.1) is 0 Å². The van der Waals surface area contributed by atoms with Crippen LogP contribution in [-0.4, -0.2) is 43.2 Å². The summed E-state index contributed by atoms with van der Waals surface area (Å²) in [6.45, 7) is -0.0155. The first-order valence-corrected chi connectivity index (χ1v) is 8.93. The zero-order valence-electron chi connectivity index (χ0n) is 13.1. The molecule has 0 radical (unpaired) electrons. The van der Waals surface area contributed by atoms with Crippen molar-refractivity contribution in [2.24, 2.45) is 0 Å². The highest BCUT2D eigenvalue weighted by Gasteiger charge is 2.46. The van der Waals surface area contributed by atoms with Gasteiger partial charge in [-0.05, 0) is 36.4 Å².